The van der Waals surface area contributed by atoms with Crippen molar-refractivity contribution in [3.8, 4) is 0 Å². The molecule has 17 heavy (non-hydrogen) atoms. The van der Waals surface area contributed by atoms with Crippen LogP contribution in [-0.4, -0.2) is 48.3 Å². The molecule has 1 fully saturated rings. The third-order valence-electron chi connectivity index (χ3n) is 2.55. The van der Waals surface area contributed by atoms with Gasteiger partial charge in [0, 0.05) is 13.5 Å². The number of amides is 2. The Morgan fingerprint density at radius 3 is 2.35 bits per heavy atom. The summed E-state index contributed by atoms with van der Waals surface area (Å²) >= 11 is 0. The van der Waals surface area contributed by atoms with E-state index in [1.165, 1.54) is 4.90 Å². The highest BCUT2D eigenvalue weighted by Gasteiger charge is 2.40. The molecule has 2 unspecified atom stereocenters. The summed E-state index contributed by atoms with van der Waals surface area (Å²) in [4.78, 5) is 24.5. The van der Waals surface area contributed by atoms with E-state index in [4.69, 9.17) is 15.2 Å². The minimum Gasteiger partial charge on any atom is -0.444 e. The SMILES string of the molecule is COC1CC(C(N)=O)N(C(=O)OC(C)(C)C)C1. The second-order valence-electron chi connectivity index (χ2n) is 5.14. The molecule has 2 amide bonds. The van der Waals surface area contributed by atoms with Crippen molar-refractivity contribution in [3.63, 3.8) is 0 Å². The van der Waals surface area contributed by atoms with Crippen molar-refractivity contribution in [1.82, 2.24) is 4.90 Å². The van der Waals surface area contributed by atoms with Crippen LogP contribution in [0.3, 0.4) is 0 Å². The number of methoxy groups -OCH3 is 1. The molecular formula is C11H20N2O4. The van der Waals surface area contributed by atoms with Crippen molar-refractivity contribution in [2.45, 2.75) is 44.9 Å². The minimum absolute atomic E-state index is 0.167. The van der Waals surface area contributed by atoms with Gasteiger partial charge in [-0.3, -0.25) is 9.69 Å². The molecule has 1 aliphatic heterocycles. The van der Waals surface area contributed by atoms with Gasteiger partial charge in [0.15, 0.2) is 0 Å². The zero-order valence-electron chi connectivity index (χ0n) is 10.7. The van der Waals surface area contributed by atoms with Gasteiger partial charge in [0.1, 0.15) is 11.6 Å². The molecule has 0 aromatic rings. The van der Waals surface area contributed by atoms with Gasteiger partial charge in [-0.25, -0.2) is 4.79 Å². The first kappa shape index (κ1) is 13.8. The second-order valence-corrected chi connectivity index (χ2v) is 5.14. The highest BCUT2D eigenvalue weighted by atomic mass is 16.6. The van der Waals surface area contributed by atoms with Crippen LogP contribution >= 0.6 is 0 Å². The third-order valence-corrected chi connectivity index (χ3v) is 2.55. The minimum atomic E-state index is -0.644. The third kappa shape index (κ3) is 3.59. The topological polar surface area (TPSA) is 81.9 Å². The number of carbonyl (C=O) groups is 2. The summed E-state index contributed by atoms with van der Waals surface area (Å²) in [6.45, 7) is 5.65. The smallest absolute Gasteiger partial charge is 0.411 e. The zero-order valence-corrected chi connectivity index (χ0v) is 10.7. The lowest BCUT2D eigenvalue weighted by Gasteiger charge is -2.27. The maximum Gasteiger partial charge on any atom is 0.411 e. The molecule has 0 radical (unpaired) electrons. The Morgan fingerprint density at radius 2 is 1.94 bits per heavy atom. The van der Waals surface area contributed by atoms with E-state index in [-0.39, 0.29) is 6.10 Å². The van der Waals surface area contributed by atoms with E-state index in [1.54, 1.807) is 27.9 Å². The van der Waals surface area contributed by atoms with Gasteiger partial charge in [0.2, 0.25) is 5.91 Å². The number of carbonyl (C=O) groups excluding carboxylic acids is 2. The van der Waals surface area contributed by atoms with Crippen LogP contribution in [0.5, 0.6) is 0 Å². The van der Waals surface area contributed by atoms with Gasteiger partial charge in [-0.2, -0.15) is 0 Å². The zero-order chi connectivity index (χ0) is 13.2. The lowest BCUT2D eigenvalue weighted by Crippen LogP contribution is -2.45. The molecule has 0 aliphatic carbocycles. The lowest BCUT2D eigenvalue weighted by molar-refractivity contribution is -0.122. The molecule has 0 bridgehead atoms. The Morgan fingerprint density at radius 1 is 1.35 bits per heavy atom. The Bertz CT molecular complexity index is 311. The summed E-state index contributed by atoms with van der Waals surface area (Å²) in [5.74, 6) is -0.532. The second kappa shape index (κ2) is 4.91. The number of nitrogens with zero attached hydrogens (tertiary/aromatic N) is 1. The van der Waals surface area contributed by atoms with Crippen LogP contribution in [0.2, 0.25) is 0 Å². The number of rotatable bonds is 2. The fourth-order valence-corrected chi connectivity index (χ4v) is 1.76. The molecule has 1 rings (SSSR count). The predicted octanol–water partition coefficient (Wildman–Crippen LogP) is 0.496. The average Bonchev–Trinajstić information content (AvgIpc) is 2.58. The molecule has 0 aromatic heterocycles. The molecule has 0 spiro atoms. The van der Waals surface area contributed by atoms with Crippen LogP contribution < -0.4 is 5.73 Å². The number of hydrogen-bond acceptors (Lipinski definition) is 4. The maximum absolute atomic E-state index is 11.9. The van der Waals surface area contributed by atoms with E-state index in [0.29, 0.717) is 13.0 Å². The Labute approximate surface area is 101 Å². The van der Waals surface area contributed by atoms with E-state index in [9.17, 15) is 9.59 Å². The summed E-state index contributed by atoms with van der Waals surface area (Å²) in [6, 6.07) is -0.644. The monoisotopic (exact) mass is 244 g/mol. The lowest BCUT2D eigenvalue weighted by atomic mass is 10.2. The van der Waals surface area contributed by atoms with Gasteiger partial charge < -0.3 is 15.2 Å². The molecule has 98 valence electrons. The Balaban J connectivity index is 2.73. The summed E-state index contributed by atoms with van der Waals surface area (Å²) in [6.07, 6.45) is -0.272. The molecule has 6 heteroatoms. The predicted molar refractivity (Wildman–Crippen MR) is 61.3 cm³/mol. The van der Waals surface area contributed by atoms with Crippen molar-refractivity contribution < 1.29 is 19.1 Å². The molecule has 0 saturated carbocycles. The van der Waals surface area contributed by atoms with Crippen molar-refractivity contribution in [1.29, 1.82) is 0 Å². The van der Waals surface area contributed by atoms with E-state index in [2.05, 4.69) is 0 Å². The van der Waals surface area contributed by atoms with Gasteiger partial charge in [-0.05, 0) is 20.8 Å². The van der Waals surface area contributed by atoms with E-state index < -0.39 is 23.6 Å². The van der Waals surface area contributed by atoms with Gasteiger partial charge in [0.05, 0.1) is 12.6 Å². The van der Waals surface area contributed by atoms with Crippen molar-refractivity contribution in [3.05, 3.63) is 0 Å². The number of likely N-dealkylation sites (tertiary alicyclic amines) is 1. The largest absolute Gasteiger partial charge is 0.444 e. The normalized spacial score (nSPS) is 24.8. The molecule has 1 aliphatic rings. The van der Waals surface area contributed by atoms with Gasteiger partial charge >= 0.3 is 6.09 Å². The Hall–Kier alpha value is -1.30. The van der Waals surface area contributed by atoms with Crippen molar-refractivity contribution in [2.75, 3.05) is 13.7 Å². The quantitative estimate of drug-likeness (QED) is 0.766. The summed E-state index contributed by atoms with van der Waals surface area (Å²) in [7, 11) is 1.54. The van der Waals surface area contributed by atoms with Crippen LogP contribution in [0, 0.1) is 0 Å². The summed E-state index contributed by atoms with van der Waals surface area (Å²) < 4.78 is 10.4. The van der Waals surface area contributed by atoms with E-state index in [0.717, 1.165) is 0 Å². The number of ether oxygens (including phenoxy) is 2. The first-order valence-corrected chi connectivity index (χ1v) is 5.56. The molecule has 6 nitrogen and oxygen atoms in total. The molecule has 2 atom stereocenters. The molecule has 1 heterocycles. The standard InChI is InChI=1S/C11H20N2O4/c1-11(2,3)17-10(15)13-6-7(16-4)5-8(13)9(12)14/h7-8H,5-6H2,1-4H3,(H2,12,14). The first-order valence-electron chi connectivity index (χ1n) is 5.56. The molecule has 1 saturated heterocycles. The number of primary amides is 1. The Kier molecular flexibility index (Phi) is 3.98. The molecule has 2 N–H and O–H groups in total. The average molecular weight is 244 g/mol. The molecular weight excluding hydrogens is 224 g/mol. The van der Waals surface area contributed by atoms with E-state index >= 15 is 0 Å². The first-order chi connectivity index (χ1) is 7.74. The van der Waals surface area contributed by atoms with Crippen molar-refractivity contribution >= 4 is 12.0 Å². The highest BCUT2D eigenvalue weighted by molar-refractivity contribution is 5.85. The van der Waals surface area contributed by atoms with Crippen LogP contribution in [-0.2, 0) is 14.3 Å². The number of nitrogens with two attached hydrogens (primary N) is 1. The van der Waals surface area contributed by atoms with Gasteiger partial charge in [-0.1, -0.05) is 0 Å². The fraction of sp³-hybridized carbons (Fsp3) is 0.818. The van der Waals surface area contributed by atoms with Crippen LogP contribution in [0.4, 0.5) is 4.79 Å². The highest BCUT2D eigenvalue weighted by Crippen LogP contribution is 2.22. The van der Waals surface area contributed by atoms with E-state index in [1.807, 2.05) is 0 Å². The molecule has 0 aromatic carbocycles. The maximum atomic E-state index is 11.9. The van der Waals surface area contributed by atoms with Crippen LogP contribution in [0.25, 0.3) is 0 Å². The number of hydrogen-bond donors (Lipinski definition) is 1. The van der Waals surface area contributed by atoms with Crippen LogP contribution in [0.15, 0.2) is 0 Å². The van der Waals surface area contributed by atoms with Gasteiger partial charge in [-0.15, -0.1) is 0 Å². The van der Waals surface area contributed by atoms with Crippen molar-refractivity contribution in [2.24, 2.45) is 5.73 Å². The fourth-order valence-electron chi connectivity index (χ4n) is 1.76. The van der Waals surface area contributed by atoms with Crippen LogP contribution in [0.1, 0.15) is 27.2 Å². The summed E-state index contributed by atoms with van der Waals surface area (Å²) in [5, 5.41) is 0. The summed E-state index contributed by atoms with van der Waals surface area (Å²) in [5.41, 5.74) is 4.67. The van der Waals surface area contributed by atoms with Gasteiger partial charge in [0.25, 0.3) is 0 Å².